The number of carbonyl (C=O) groups excluding carboxylic acids is 2. The van der Waals surface area contributed by atoms with Crippen LogP contribution in [0.4, 0.5) is 0 Å². The van der Waals surface area contributed by atoms with Gasteiger partial charge in [0.2, 0.25) is 5.91 Å². The molecule has 0 aliphatic carbocycles. The lowest BCUT2D eigenvalue weighted by atomic mass is 9.81. The standard InChI is InChI=1S/C13H19NO3/c1-5-7-10-13(3,12(16)17-4)8-9-14(10)11(15)6-2/h5-6,10H,1-2,7-9H2,3-4H3. The summed E-state index contributed by atoms with van der Waals surface area (Å²) in [4.78, 5) is 25.2. The van der Waals surface area contributed by atoms with Gasteiger partial charge >= 0.3 is 5.97 Å². The van der Waals surface area contributed by atoms with Crippen molar-refractivity contribution in [3.05, 3.63) is 25.3 Å². The van der Waals surface area contributed by atoms with Crippen LogP contribution in [0, 0.1) is 5.41 Å². The summed E-state index contributed by atoms with van der Waals surface area (Å²) in [6, 6.07) is -0.196. The molecule has 17 heavy (non-hydrogen) atoms. The van der Waals surface area contributed by atoms with Crippen LogP contribution in [0.15, 0.2) is 25.3 Å². The Kier molecular flexibility index (Phi) is 4.10. The fraction of sp³-hybridized carbons (Fsp3) is 0.538. The Labute approximate surface area is 102 Å². The number of esters is 1. The monoisotopic (exact) mass is 237 g/mol. The smallest absolute Gasteiger partial charge is 0.313 e. The number of ether oxygens (including phenoxy) is 1. The van der Waals surface area contributed by atoms with Crippen molar-refractivity contribution in [2.45, 2.75) is 25.8 Å². The van der Waals surface area contributed by atoms with E-state index in [1.54, 1.807) is 11.0 Å². The minimum Gasteiger partial charge on any atom is -0.469 e. The Hall–Kier alpha value is -1.58. The highest BCUT2D eigenvalue weighted by Gasteiger charge is 2.50. The van der Waals surface area contributed by atoms with Gasteiger partial charge in [-0.15, -0.1) is 6.58 Å². The number of rotatable bonds is 4. The maximum absolute atomic E-state index is 11.9. The summed E-state index contributed by atoms with van der Waals surface area (Å²) in [5, 5.41) is 0. The van der Waals surface area contributed by atoms with E-state index in [2.05, 4.69) is 13.2 Å². The minimum absolute atomic E-state index is 0.149. The molecule has 1 amide bonds. The molecule has 4 nitrogen and oxygen atoms in total. The highest BCUT2D eigenvalue weighted by atomic mass is 16.5. The van der Waals surface area contributed by atoms with Gasteiger partial charge in [-0.1, -0.05) is 12.7 Å². The summed E-state index contributed by atoms with van der Waals surface area (Å²) in [7, 11) is 1.37. The fourth-order valence-corrected chi connectivity index (χ4v) is 2.42. The maximum atomic E-state index is 11.9. The van der Waals surface area contributed by atoms with Gasteiger partial charge in [-0.3, -0.25) is 9.59 Å². The second-order valence-corrected chi connectivity index (χ2v) is 4.43. The first-order valence-electron chi connectivity index (χ1n) is 5.63. The van der Waals surface area contributed by atoms with Crippen LogP contribution in [0.5, 0.6) is 0 Å². The van der Waals surface area contributed by atoms with Gasteiger partial charge in [0, 0.05) is 6.54 Å². The number of amides is 1. The van der Waals surface area contributed by atoms with Gasteiger partial charge in [-0.25, -0.2) is 0 Å². The number of carbonyl (C=O) groups is 2. The zero-order valence-electron chi connectivity index (χ0n) is 10.4. The number of nitrogens with zero attached hydrogens (tertiary/aromatic N) is 1. The summed E-state index contributed by atoms with van der Waals surface area (Å²) >= 11 is 0. The first-order chi connectivity index (χ1) is 8.01. The highest BCUT2D eigenvalue weighted by molar-refractivity contribution is 5.89. The molecule has 1 aliphatic rings. The van der Waals surface area contributed by atoms with E-state index < -0.39 is 5.41 Å². The van der Waals surface area contributed by atoms with E-state index >= 15 is 0 Å². The topological polar surface area (TPSA) is 46.6 Å². The van der Waals surface area contributed by atoms with Crippen LogP contribution in [0.25, 0.3) is 0 Å². The third kappa shape index (κ3) is 2.25. The predicted molar refractivity (Wildman–Crippen MR) is 65.3 cm³/mol. The van der Waals surface area contributed by atoms with Crippen molar-refractivity contribution in [2.24, 2.45) is 5.41 Å². The second-order valence-electron chi connectivity index (χ2n) is 4.43. The SMILES string of the molecule is C=CCC1N(C(=O)C=C)CCC1(C)C(=O)OC. The Balaban J connectivity index is 3.02. The molecular formula is C13H19NO3. The second kappa shape index (κ2) is 5.17. The molecule has 1 rings (SSSR count). The Morgan fingerprint density at radius 2 is 2.18 bits per heavy atom. The summed E-state index contributed by atoms with van der Waals surface area (Å²) in [6.07, 6.45) is 4.18. The minimum atomic E-state index is -0.651. The van der Waals surface area contributed by atoms with Crippen LogP contribution >= 0.6 is 0 Å². The largest absolute Gasteiger partial charge is 0.469 e. The molecule has 0 saturated carbocycles. The highest BCUT2D eigenvalue weighted by Crippen LogP contribution is 2.39. The third-order valence-electron chi connectivity index (χ3n) is 3.48. The van der Waals surface area contributed by atoms with Gasteiger partial charge < -0.3 is 9.64 Å². The van der Waals surface area contributed by atoms with Crippen LogP contribution in [0.1, 0.15) is 19.8 Å². The van der Waals surface area contributed by atoms with Gasteiger partial charge in [0.05, 0.1) is 18.6 Å². The first kappa shape index (κ1) is 13.5. The Bertz CT molecular complexity index is 351. The first-order valence-corrected chi connectivity index (χ1v) is 5.63. The van der Waals surface area contributed by atoms with Gasteiger partial charge in [-0.05, 0) is 25.8 Å². The van der Waals surface area contributed by atoms with Crippen molar-refractivity contribution >= 4 is 11.9 Å². The lowest BCUT2D eigenvalue weighted by Gasteiger charge is -2.32. The van der Waals surface area contributed by atoms with E-state index in [0.29, 0.717) is 19.4 Å². The predicted octanol–water partition coefficient (Wildman–Crippen LogP) is 1.53. The molecule has 1 fully saturated rings. The molecular weight excluding hydrogens is 218 g/mol. The van der Waals surface area contributed by atoms with E-state index in [-0.39, 0.29) is 17.9 Å². The molecule has 1 heterocycles. The molecule has 1 aliphatic heterocycles. The average molecular weight is 237 g/mol. The van der Waals surface area contributed by atoms with Crippen LogP contribution in [0.2, 0.25) is 0 Å². The van der Waals surface area contributed by atoms with E-state index in [9.17, 15) is 9.59 Å². The van der Waals surface area contributed by atoms with Crippen molar-refractivity contribution in [2.75, 3.05) is 13.7 Å². The number of likely N-dealkylation sites (tertiary alicyclic amines) is 1. The summed E-state index contributed by atoms with van der Waals surface area (Å²) in [5.41, 5.74) is -0.651. The lowest BCUT2D eigenvalue weighted by Crippen LogP contribution is -2.44. The average Bonchev–Trinajstić information content (AvgIpc) is 2.67. The van der Waals surface area contributed by atoms with E-state index in [0.717, 1.165) is 0 Å². The van der Waals surface area contributed by atoms with Crippen molar-refractivity contribution in [3.63, 3.8) is 0 Å². The zero-order valence-corrected chi connectivity index (χ0v) is 10.4. The van der Waals surface area contributed by atoms with Gasteiger partial charge in [0.15, 0.2) is 0 Å². The molecule has 94 valence electrons. The lowest BCUT2D eigenvalue weighted by molar-refractivity contribution is -0.153. The molecule has 0 spiro atoms. The Morgan fingerprint density at radius 1 is 1.53 bits per heavy atom. The van der Waals surface area contributed by atoms with Crippen molar-refractivity contribution in [3.8, 4) is 0 Å². The third-order valence-corrected chi connectivity index (χ3v) is 3.48. The number of hydrogen-bond donors (Lipinski definition) is 0. The van der Waals surface area contributed by atoms with Crippen LogP contribution in [0.3, 0.4) is 0 Å². The van der Waals surface area contributed by atoms with Crippen LogP contribution in [-0.4, -0.2) is 36.5 Å². The van der Waals surface area contributed by atoms with Crippen LogP contribution < -0.4 is 0 Å². The molecule has 0 aromatic rings. The van der Waals surface area contributed by atoms with Crippen molar-refractivity contribution in [1.82, 2.24) is 4.90 Å². The fourth-order valence-electron chi connectivity index (χ4n) is 2.42. The molecule has 0 radical (unpaired) electrons. The van der Waals surface area contributed by atoms with Gasteiger partial charge in [0.1, 0.15) is 0 Å². The Morgan fingerprint density at radius 3 is 2.65 bits per heavy atom. The molecule has 0 N–H and O–H groups in total. The van der Waals surface area contributed by atoms with Crippen molar-refractivity contribution in [1.29, 1.82) is 0 Å². The normalized spacial score (nSPS) is 27.6. The van der Waals surface area contributed by atoms with Gasteiger partial charge in [-0.2, -0.15) is 0 Å². The van der Waals surface area contributed by atoms with E-state index in [1.165, 1.54) is 13.2 Å². The van der Waals surface area contributed by atoms with Crippen molar-refractivity contribution < 1.29 is 14.3 Å². The number of methoxy groups -OCH3 is 1. The molecule has 0 aromatic carbocycles. The van der Waals surface area contributed by atoms with Crippen LogP contribution in [-0.2, 0) is 14.3 Å². The van der Waals surface area contributed by atoms with E-state index in [4.69, 9.17) is 4.74 Å². The van der Waals surface area contributed by atoms with Gasteiger partial charge in [0.25, 0.3) is 0 Å². The molecule has 2 atom stereocenters. The molecule has 0 aromatic heterocycles. The molecule has 0 bridgehead atoms. The maximum Gasteiger partial charge on any atom is 0.313 e. The summed E-state index contributed by atoms with van der Waals surface area (Å²) in [5.74, 6) is -0.423. The molecule has 1 saturated heterocycles. The quantitative estimate of drug-likeness (QED) is 0.423. The molecule has 2 unspecified atom stereocenters. The zero-order chi connectivity index (χ0) is 13.1. The number of hydrogen-bond acceptors (Lipinski definition) is 3. The molecule has 4 heteroatoms. The summed E-state index contributed by atoms with van der Waals surface area (Å²) < 4.78 is 4.84. The van der Waals surface area contributed by atoms with E-state index in [1.807, 2.05) is 6.92 Å². The summed E-state index contributed by atoms with van der Waals surface area (Å²) in [6.45, 7) is 9.55.